The van der Waals surface area contributed by atoms with Gasteiger partial charge in [-0.2, -0.15) is 13.2 Å². The highest BCUT2D eigenvalue weighted by Crippen LogP contribution is 2.27. The lowest BCUT2D eigenvalue weighted by atomic mass is 9.90. The molecule has 1 aliphatic carbocycles. The van der Waals surface area contributed by atoms with Crippen molar-refractivity contribution in [2.75, 3.05) is 11.6 Å². The van der Waals surface area contributed by atoms with E-state index >= 15 is 0 Å². The molecule has 0 aliphatic heterocycles. The highest BCUT2D eigenvalue weighted by molar-refractivity contribution is 7.17. The van der Waals surface area contributed by atoms with Gasteiger partial charge in [0.25, 0.3) is 5.91 Å². The summed E-state index contributed by atoms with van der Waals surface area (Å²) in [4.78, 5) is 26.0. The van der Waals surface area contributed by atoms with Crippen LogP contribution in [0.1, 0.15) is 42.6 Å². The van der Waals surface area contributed by atoms with Gasteiger partial charge in [-0.05, 0) is 37.1 Å². The number of carbonyl (C=O) groups is 1. The lowest BCUT2D eigenvalue weighted by Crippen LogP contribution is -2.51. The lowest BCUT2D eigenvalue weighted by molar-refractivity contribution is -0.133. The Balaban J connectivity index is 1.48. The number of aromatic nitrogens is 4. The third-order valence-electron chi connectivity index (χ3n) is 5.28. The quantitative estimate of drug-likeness (QED) is 0.637. The van der Waals surface area contributed by atoms with E-state index in [0.717, 1.165) is 10.2 Å². The molecule has 0 bridgehead atoms. The van der Waals surface area contributed by atoms with E-state index in [-0.39, 0.29) is 24.5 Å². The van der Waals surface area contributed by atoms with E-state index in [2.05, 4.69) is 20.3 Å². The third-order valence-corrected chi connectivity index (χ3v) is 6.19. The number of imidazole rings is 1. The van der Waals surface area contributed by atoms with Crippen molar-refractivity contribution < 1.29 is 18.0 Å². The molecule has 0 aromatic carbocycles. The van der Waals surface area contributed by atoms with Crippen molar-refractivity contribution in [2.24, 2.45) is 0 Å². The van der Waals surface area contributed by atoms with Crippen LogP contribution in [-0.2, 0) is 0 Å². The fraction of sp³-hybridized carbons (Fsp3) is 0.474. The van der Waals surface area contributed by atoms with Gasteiger partial charge in [0.15, 0.2) is 5.69 Å². The summed E-state index contributed by atoms with van der Waals surface area (Å²) in [6, 6.07) is 1.77. The summed E-state index contributed by atoms with van der Waals surface area (Å²) in [6.07, 6.45) is 4.01. The van der Waals surface area contributed by atoms with Crippen LogP contribution in [0, 0.1) is 0 Å². The largest absolute Gasteiger partial charge is 0.390 e. The van der Waals surface area contributed by atoms with Crippen molar-refractivity contribution in [2.45, 2.75) is 50.4 Å². The van der Waals surface area contributed by atoms with Crippen LogP contribution >= 0.6 is 11.3 Å². The van der Waals surface area contributed by atoms with Crippen molar-refractivity contribution in [1.29, 1.82) is 0 Å². The molecule has 7 nitrogen and oxygen atoms in total. The number of alkyl halides is 3. The number of halogens is 3. The van der Waals surface area contributed by atoms with E-state index in [1.807, 2.05) is 11.4 Å². The molecule has 1 N–H and O–H groups in total. The highest BCUT2D eigenvalue weighted by Gasteiger charge is 2.33. The molecule has 0 unspecified atom stereocenters. The summed E-state index contributed by atoms with van der Waals surface area (Å²) < 4.78 is 39.5. The van der Waals surface area contributed by atoms with Gasteiger partial charge in [-0.25, -0.2) is 24.6 Å². The van der Waals surface area contributed by atoms with Crippen LogP contribution in [0.2, 0.25) is 0 Å². The molecule has 4 rings (SSSR count). The van der Waals surface area contributed by atoms with Gasteiger partial charge in [0, 0.05) is 25.0 Å². The van der Waals surface area contributed by atoms with Gasteiger partial charge >= 0.3 is 6.18 Å². The maximum Gasteiger partial charge on any atom is 0.390 e. The number of amides is 1. The van der Waals surface area contributed by atoms with Crippen LogP contribution in [0.15, 0.2) is 36.5 Å². The smallest absolute Gasteiger partial charge is 0.314 e. The molecule has 30 heavy (non-hydrogen) atoms. The second kappa shape index (κ2) is 8.68. The topological polar surface area (TPSA) is 75.9 Å². The summed E-state index contributed by atoms with van der Waals surface area (Å²) in [5.41, 5.74) is 1.07. The second-order valence-corrected chi connectivity index (χ2v) is 8.19. The fourth-order valence-electron chi connectivity index (χ4n) is 3.83. The van der Waals surface area contributed by atoms with E-state index in [1.54, 1.807) is 28.4 Å². The van der Waals surface area contributed by atoms with Gasteiger partial charge in [-0.15, -0.1) is 11.3 Å². The first kappa shape index (κ1) is 20.7. The Kier molecular flexibility index (Phi) is 6.00. The first-order valence-corrected chi connectivity index (χ1v) is 10.6. The molecular formula is C19H21F3N6OS. The minimum absolute atomic E-state index is 0.0198. The number of nitrogens with zero attached hydrogens (tertiary/aromatic N) is 5. The van der Waals surface area contributed by atoms with Crippen LogP contribution in [0.3, 0.4) is 0 Å². The Morgan fingerprint density at radius 1 is 1.27 bits per heavy atom. The zero-order chi connectivity index (χ0) is 21.1. The van der Waals surface area contributed by atoms with Gasteiger partial charge in [0.1, 0.15) is 12.7 Å². The van der Waals surface area contributed by atoms with Crippen LogP contribution in [0.5, 0.6) is 0 Å². The average Bonchev–Trinajstić information content (AvgIpc) is 3.40. The number of hydrogen-bond acceptors (Lipinski definition) is 6. The first-order chi connectivity index (χ1) is 14.4. The zero-order valence-corrected chi connectivity index (χ0v) is 16.9. The molecule has 3 aromatic rings. The summed E-state index contributed by atoms with van der Waals surface area (Å²) in [7, 11) is 0. The molecule has 1 saturated carbocycles. The minimum atomic E-state index is -4.15. The summed E-state index contributed by atoms with van der Waals surface area (Å²) in [6.45, 7) is -0.0830. The van der Waals surface area contributed by atoms with E-state index in [9.17, 15) is 18.0 Å². The molecule has 0 radical (unpaired) electrons. The van der Waals surface area contributed by atoms with Gasteiger partial charge in [-0.3, -0.25) is 4.79 Å². The van der Waals surface area contributed by atoms with Crippen molar-refractivity contribution >= 4 is 27.5 Å². The second-order valence-electron chi connectivity index (χ2n) is 7.27. The first-order valence-electron chi connectivity index (χ1n) is 9.72. The van der Waals surface area contributed by atoms with Crippen LogP contribution in [-0.4, -0.2) is 50.3 Å². The minimum Gasteiger partial charge on any atom is -0.314 e. The van der Waals surface area contributed by atoms with Crippen molar-refractivity contribution in [1.82, 2.24) is 24.9 Å². The molecule has 3 heterocycles. The number of fused-ring (bicyclic) bond motifs is 1. The summed E-state index contributed by atoms with van der Waals surface area (Å²) in [5, 5.41) is 6.52. The van der Waals surface area contributed by atoms with Gasteiger partial charge in [0.05, 0.1) is 22.7 Å². The SMILES string of the molecule is O=C(c1ncnc2ccsc12)N(C1CCC(NCCC(F)(F)F)CC1)n1ccnc1. The molecule has 11 heteroatoms. The Labute approximate surface area is 174 Å². The number of carbonyl (C=O) groups excluding carboxylic acids is 1. The zero-order valence-electron chi connectivity index (χ0n) is 16.0. The molecule has 0 saturated heterocycles. The number of nitrogens with one attached hydrogen (secondary N) is 1. The van der Waals surface area contributed by atoms with Crippen molar-refractivity contribution in [3.63, 3.8) is 0 Å². The van der Waals surface area contributed by atoms with Crippen LogP contribution in [0.4, 0.5) is 13.2 Å². The predicted molar refractivity (Wildman–Crippen MR) is 107 cm³/mol. The molecule has 1 aliphatic rings. The van der Waals surface area contributed by atoms with Crippen LogP contribution < -0.4 is 10.3 Å². The Hall–Kier alpha value is -2.53. The van der Waals surface area contributed by atoms with Gasteiger partial charge < -0.3 is 5.32 Å². The molecule has 1 amide bonds. The highest BCUT2D eigenvalue weighted by atomic mass is 32.1. The van der Waals surface area contributed by atoms with E-state index in [4.69, 9.17) is 0 Å². The molecular weight excluding hydrogens is 417 g/mol. The number of hydrogen-bond donors (Lipinski definition) is 1. The monoisotopic (exact) mass is 438 g/mol. The summed E-state index contributed by atoms with van der Waals surface area (Å²) >= 11 is 1.42. The van der Waals surface area contributed by atoms with E-state index < -0.39 is 12.6 Å². The Morgan fingerprint density at radius 2 is 2.07 bits per heavy atom. The molecule has 160 valence electrons. The van der Waals surface area contributed by atoms with Crippen LogP contribution in [0.25, 0.3) is 10.2 Å². The number of thiophene rings is 1. The molecule has 1 fully saturated rings. The van der Waals surface area contributed by atoms with E-state index in [0.29, 0.717) is 31.4 Å². The van der Waals surface area contributed by atoms with Crippen molar-refractivity contribution in [3.8, 4) is 0 Å². The molecule has 3 aromatic heterocycles. The van der Waals surface area contributed by atoms with Crippen molar-refractivity contribution in [3.05, 3.63) is 42.2 Å². The standard InChI is InChI=1S/C19H21F3N6OS/c20-19(21,22)6-7-24-13-1-3-14(4-2-13)28(27-9-8-23-12-27)18(29)16-17-15(5-10-30-17)25-11-26-16/h5,8-14,24H,1-4,6-7H2. The van der Waals surface area contributed by atoms with E-state index in [1.165, 1.54) is 17.7 Å². The third kappa shape index (κ3) is 4.62. The fourth-order valence-corrected chi connectivity index (χ4v) is 4.66. The predicted octanol–water partition coefficient (Wildman–Crippen LogP) is 3.52. The maximum atomic E-state index is 13.5. The van der Waals surface area contributed by atoms with Gasteiger partial charge in [0.2, 0.25) is 0 Å². The Bertz CT molecular complexity index is 982. The number of rotatable bonds is 6. The molecule has 0 atom stereocenters. The summed E-state index contributed by atoms with van der Waals surface area (Å²) in [5.74, 6) is -0.240. The van der Waals surface area contributed by atoms with Gasteiger partial charge in [-0.1, -0.05) is 0 Å². The lowest BCUT2D eigenvalue weighted by Gasteiger charge is -2.37. The average molecular weight is 438 g/mol. The normalized spacial score (nSPS) is 19.8. The Morgan fingerprint density at radius 3 is 2.77 bits per heavy atom. The molecule has 0 spiro atoms. The maximum absolute atomic E-state index is 13.5.